The molecule has 3 nitrogen and oxygen atoms in total. The smallest absolute Gasteiger partial charge is 0.0234 e. The molecular weight excluding hydrogens is 366 g/mol. The lowest BCUT2D eigenvalue weighted by Crippen LogP contribution is -2.35. The monoisotopic (exact) mass is 407 g/mol. The zero-order valence-electron chi connectivity index (χ0n) is 18.7. The third-order valence-electron chi connectivity index (χ3n) is 6.47. The van der Waals surface area contributed by atoms with E-state index in [1.807, 2.05) is 0 Å². The van der Waals surface area contributed by atoms with Gasteiger partial charge in [0.25, 0.3) is 0 Å². The summed E-state index contributed by atoms with van der Waals surface area (Å²) in [7, 11) is 0. The number of piperidine rings is 1. The molecule has 0 amide bonds. The summed E-state index contributed by atoms with van der Waals surface area (Å²) in [5, 5.41) is 0. The van der Waals surface area contributed by atoms with Crippen LogP contribution in [0.15, 0.2) is 60.7 Å². The molecule has 2 aromatic rings. The Bertz CT molecular complexity index is 665. The van der Waals surface area contributed by atoms with Crippen LogP contribution in [0.3, 0.4) is 0 Å². The van der Waals surface area contributed by atoms with Crippen molar-refractivity contribution < 1.29 is 0 Å². The minimum Gasteiger partial charge on any atom is -0.329 e. The lowest BCUT2D eigenvalue weighted by atomic mass is 9.90. The van der Waals surface area contributed by atoms with E-state index in [0.717, 1.165) is 32.1 Å². The second-order valence-corrected chi connectivity index (χ2v) is 8.94. The van der Waals surface area contributed by atoms with Crippen molar-refractivity contribution in [3.8, 4) is 0 Å². The summed E-state index contributed by atoms with van der Waals surface area (Å²) in [4.78, 5) is 5.20. The lowest BCUT2D eigenvalue weighted by Gasteiger charge is -2.32. The Kier molecular flexibility index (Phi) is 10.4. The number of nitrogens with zero attached hydrogens (tertiary/aromatic N) is 2. The molecule has 1 heterocycles. The van der Waals surface area contributed by atoms with Gasteiger partial charge in [-0.15, -0.1) is 0 Å². The molecule has 0 aliphatic carbocycles. The number of unbranched alkanes of at least 4 members (excludes halogenated alkanes) is 3. The Morgan fingerprint density at radius 3 is 2.07 bits per heavy atom. The first kappa shape index (κ1) is 23.0. The summed E-state index contributed by atoms with van der Waals surface area (Å²) >= 11 is 0. The van der Waals surface area contributed by atoms with Gasteiger partial charge in [0.15, 0.2) is 0 Å². The SMILES string of the molecule is NCCN(CCCCCCN1CCC(Cc2ccccc2)CC1)Cc1ccccc1. The molecular formula is C27H41N3. The van der Waals surface area contributed by atoms with Gasteiger partial charge in [-0.1, -0.05) is 73.5 Å². The van der Waals surface area contributed by atoms with Crippen molar-refractivity contribution in [2.24, 2.45) is 11.7 Å². The molecule has 1 aliphatic heterocycles. The average molecular weight is 408 g/mol. The van der Waals surface area contributed by atoms with Crippen LogP contribution in [0.5, 0.6) is 0 Å². The van der Waals surface area contributed by atoms with Gasteiger partial charge < -0.3 is 10.6 Å². The first-order chi connectivity index (χ1) is 14.8. The topological polar surface area (TPSA) is 32.5 Å². The van der Waals surface area contributed by atoms with Crippen molar-refractivity contribution >= 4 is 0 Å². The van der Waals surface area contributed by atoms with Crippen molar-refractivity contribution in [2.75, 3.05) is 39.3 Å². The van der Waals surface area contributed by atoms with E-state index in [-0.39, 0.29) is 0 Å². The summed E-state index contributed by atoms with van der Waals surface area (Å²) in [6.45, 7) is 7.79. The van der Waals surface area contributed by atoms with E-state index in [4.69, 9.17) is 5.73 Å². The molecule has 3 heteroatoms. The molecule has 0 saturated carbocycles. The van der Waals surface area contributed by atoms with Gasteiger partial charge in [0, 0.05) is 19.6 Å². The number of benzene rings is 2. The predicted octanol–water partition coefficient (Wildman–Crippen LogP) is 4.96. The summed E-state index contributed by atoms with van der Waals surface area (Å²) < 4.78 is 0. The zero-order chi connectivity index (χ0) is 20.9. The summed E-state index contributed by atoms with van der Waals surface area (Å²) in [6.07, 6.45) is 9.30. The van der Waals surface area contributed by atoms with Crippen LogP contribution >= 0.6 is 0 Å². The maximum absolute atomic E-state index is 5.82. The van der Waals surface area contributed by atoms with E-state index in [0.29, 0.717) is 0 Å². The Hall–Kier alpha value is -1.68. The highest BCUT2D eigenvalue weighted by atomic mass is 15.1. The molecule has 0 bridgehead atoms. The third kappa shape index (κ3) is 8.59. The van der Waals surface area contributed by atoms with E-state index in [2.05, 4.69) is 70.5 Å². The number of likely N-dealkylation sites (tertiary alicyclic amines) is 1. The normalized spacial score (nSPS) is 15.7. The highest BCUT2D eigenvalue weighted by Crippen LogP contribution is 2.22. The van der Waals surface area contributed by atoms with Gasteiger partial charge in [-0.25, -0.2) is 0 Å². The molecule has 0 radical (unpaired) electrons. The van der Waals surface area contributed by atoms with Crippen LogP contribution in [0.4, 0.5) is 0 Å². The van der Waals surface area contributed by atoms with Gasteiger partial charge in [-0.05, 0) is 75.3 Å². The standard InChI is InChI=1S/C27H41N3/c28-17-22-30(24-27-13-7-4-8-14-27)19-10-2-1-9-18-29-20-15-26(16-21-29)23-25-11-5-3-6-12-25/h3-8,11-14,26H,1-2,9-10,15-24,28H2. The van der Waals surface area contributed by atoms with Crippen molar-refractivity contribution in [3.05, 3.63) is 71.8 Å². The van der Waals surface area contributed by atoms with E-state index < -0.39 is 0 Å². The molecule has 1 saturated heterocycles. The third-order valence-corrected chi connectivity index (χ3v) is 6.47. The number of hydrogen-bond donors (Lipinski definition) is 1. The second kappa shape index (κ2) is 13.6. The Balaban J connectivity index is 1.23. The van der Waals surface area contributed by atoms with Gasteiger partial charge in [-0.3, -0.25) is 4.90 Å². The van der Waals surface area contributed by atoms with Crippen LogP contribution in [-0.2, 0) is 13.0 Å². The number of nitrogens with two attached hydrogens (primary N) is 1. The quantitative estimate of drug-likeness (QED) is 0.476. The number of hydrogen-bond acceptors (Lipinski definition) is 3. The summed E-state index contributed by atoms with van der Waals surface area (Å²) in [6, 6.07) is 21.8. The predicted molar refractivity (Wildman–Crippen MR) is 129 cm³/mol. The van der Waals surface area contributed by atoms with Gasteiger partial charge in [0.2, 0.25) is 0 Å². The van der Waals surface area contributed by atoms with Crippen LogP contribution in [0.25, 0.3) is 0 Å². The summed E-state index contributed by atoms with van der Waals surface area (Å²) in [5.41, 5.74) is 8.72. The molecule has 2 aromatic carbocycles. The van der Waals surface area contributed by atoms with Crippen LogP contribution in [0, 0.1) is 5.92 Å². The van der Waals surface area contributed by atoms with Crippen LogP contribution in [-0.4, -0.2) is 49.1 Å². The highest BCUT2D eigenvalue weighted by molar-refractivity contribution is 5.15. The molecule has 0 unspecified atom stereocenters. The van der Waals surface area contributed by atoms with Crippen molar-refractivity contribution in [2.45, 2.75) is 51.5 Å². The lowest BCUT2D eigenvalue weighted by molar-refractivity contribution is 0.180. The van der Waals surface area contributed by atoms with E-state index in [1.165, 1.54) is 75.7 Å². The first-order valence-corrected chi connectivity index (χ1v) is 12.1. The Morgan fingerprint density at radius 1 is 0.767 bits per heavy atom. The fourth-order valence-electron chi connectivity index (χ4n) is 4.68. The zero-order valence-corrected chi connectivity index (χ0v) is 18.7. The molecule has 1 aliphatic rings. The first-order valence-electron chi connectivity index (χ1n) is 12.1. The molecule has 0 aromatic heterocycles. The van der Waals surface area contributed by atoms with Crippen LogP contribution < -0.4 is 5.73 Å². The van der Waals surface area contributed by atoms with E-state index in [9.17, 15) is 0 Å². The fraction of sp³-hybridized carbons (Fsp3) is 0.556. The van der Waals surface area contributed by atoms with Crippen LogP contribution in [0.2, 0.25) is 0 Å². The van der Waals surface area contributed by atoms with E-state index in [1.54, 1.807) is 0 Å². The van der Waals surface area contributed by atoms with Gasteiger partial charge >= 0.3 is 0 Å². The van der Waals surface area contributed by atoms with Gasteiger partial charge in [-0.2, -0.15) is 0 Å². The maximum Gasteiger partial charge on any atom is 0.0234 e. The average Bonchev–Trinajstić information content (AvgIpc) is 2.79. The van der Waals surface area contributed by atoms with Crippen molar-refractivity contribution in [1.29, 1.82) is 0 Å². The largest absolute Gasteiger partial charge is 0.329 e. The minimum absolute atomic E-state index is 0.743. The summed E-state index contributed by atoms with van der Waals surface area (Å²) in [5.74, 6) is 0.877. The minimum atomic E-state index is 0.743. The second-order valence-electron chi connectivity index (χ2n) is 8.94. The maximum atomic E-state index is 5.82. The molecule has 2 N–H and O–H groups in total. The molecule has 30 heavy (non-hydrogen) atoms. The molecule has 0 atom stereocenters. The molecule has 164 valence electrons. The Morgan fingerprint density at radius 2 is 1.40 bits per heavy atom. The fourth-order valence-corrected chi connectivity index (χ4v) is 4.68. The molecule has 0 spiro atoms. The van der Waals surface area contributed by atoms with Gasteiger partial charge in [0.1, 0.15) is 0 Å². The van der Waals surface area contributed by atoms with Gasteiger partial charge in [0.05, 0.1) is 0 Å². The molecule has 1 fully saturated rings. The molecule has 3 rings (SSSR count). The van der Waals surface area contributed by atoms with Crippen molar-refractivity contribution in [3.63, 3.8) is 0 Å². The number of rotatable bonds is 13. The highest BCUT2D eigenvalue weighted by Gasteiger charge is 2.18. The van der Waals surface area contributed by atoms with E-state index >= 15 is 0 Å². The Labute approximate surface area is 184 Å². The van der Waals surface area contributed by atoms with Crippen molar-refractivity contribution in [1.82, 2.24) is 9.80 Å². The van der Waals surface area contributed by atoms with Crippen LogP contribution in [0.1, 0.15) is 49.7 Å².